The molecule has 0 aromatic heterocycles. The molecular weight excluding hydrogens is 989 g/mol. The van der Waals surface area contributed by atoms with Crippen LogP contribution in [-0.2, 0) is 37.9 Å². The van der Waals surface area contributed by atoms with Crippen molar-refractivity contribution in [2.45, 2.75) is 248 Å². The molecule has 4 saturated carbocycles. The minimum Gasteiger partial charge on any atom is -0.394 e. The van der Waals surface area contributed by atoms with E-state index in [2.05, 4.69) is 40.7 Å². The van der Waals surface area contributed by atoms with Crippen LogP contribution in [0.3, 0.4) is 0 Å². The molecule has 4 heterocycles. The van der Waals surface area contributed by atoms with E-state index in [9.17, 15) is 71.5 Å². The van der Waals surface area contributed by atoms with Crippen LogP contribution >= 0.6 is 0 Å². The van der Waals surface area contributed by atoms with Crippen molar-refractivity contribution >= 4 is 0 Å². The van der Waals surface area contributed by atoms with Gasteiger partial charge in [0.25, 0.3) is 0 Å². The van der Waals surface area contributed by atoms with Crippen molar-refractivity contribution in [2.75, 3.05) is 26.4 Å². The summed E-state index contributed by atoms with van der Waals surface area (Å²) in [6, 6.07) is 0. The first kappa shape index (κ1) is 60.0. The van der Waals surface area contributed by atoms with E-state index in [1.54, 1.807) is 0 Å². The van der Waals surface area contributed by atoms with E-state index in [1.807, 2.05) is 20.8 Å². The SMILES string of the molecule is CC(C)=CCC[C@](C)(O[C@@H]1O[C@H](CO[C@@H]2OC[C@H](O)[C@H](O)[C@H]2O)[C@@H](O)[C@H](O)[C@H]1O)[C@H]1CC[C@]2(C)[C@H]1[C@H](O)C[C@@H]1[C@@]3(C)CC[C@H](O[C@@H]4O[C@H](CO)[C@@H](O)[C@H](O)[C@H]4O[C@@H]4O[C@H](CO)[C@@H](O)[C@H](O)[C@H]4O)C(C)(C)[C@@H]3CC[C@]12C. The molecule has 29 atom stereocenters. The number of rotatable bonds is 15. The maximum absolute atomic E-state index is 12.8. The van der Waals surface area contributed by atoms with E-state index in [-0.39, 0.29) is 41.1 Å². The van der Waals surface area contributed by atoms with E-state index >= 15 is 0 Å². The van der Waals surface area contributed by atoms with Gasteiger partial charge in [0.15, 0.2) is 25.2 Å². The number of hydrogen-bond acceptors (Lipinski definition) is 22. The Morgan fingerprint density at radius 2 is 1.16 bits per heavy atom. The highest BCUT2D eigenvalue weighted by Gasteiger charge is 2.72. The summed E-state index contributed by atoms with van der Waals surface area (Å²) in [4.78, 5) is 0. The minimum atomic E-state index is -1.81. The van der Waals surface area contributed by atoms with Gasteiger partial charge in [0.05, 0.1) is 44.2 Å². The predicted octanol–water partition coefficient (Wildman–Crippen LogP) is -1.56. The molecule has 0 aromatic carbocycles. The number of allylic oxidation sites excluding steroid dienone is 2. The summed E-state index contributed by atoms with van der Waals surface area (Å²) in [5.41, 5.74) is -1.48. The van der Waals surface area contributed by atoms with Crippen LogP contribution in [0, 0.1) is 45.3 Å². The van der Waals surface area contributed by atoms with Gasteiger partial charge in [0.1, 0.15) is 91.6 Å². The van der Waals surface area contributed by atoms with Gasteiger partial charge in [-0.1, -0.05) is 46.3 Å². The Hall–Kier alpha value is -1.14. The van der Waals surface area contributed by atoms with Crippen molar-refractivity contribution in [1.29, 1.82) is 0 Å². The molecule has 0 unspecified atom stereocenters. The molecule has 22 nitrogen and oxygen atoms in total. The van der Waals surface area contributed by atoms with Crippen molar-refractivity contribution in [3.8, 4) is 0 Å². The van der Waals surface area contributed by atoms with Crippen molar-refractivity contribution in [3.05, 3.63) is 11.6 Å². The maximum atomic E-state index is 12.8. The predicted molar refractivity (Wildman–Crippen MR) is 260 cm³/mol. The molecule has 0 radical (unpaired) electrons. The van der Waals surface area contributed by atoms with Gasteiger partial charge in [0.2, 0.25) is 0 Å². The lowest BCUT2D eigenvalue weighted by atomic mass is 9.35. The van der Waals surface area contributed by atoms with Gasteiger partial charge in [-0.2, -0.15) is 0 Å². The Kier molecular flexibility index (Phi) is 18.1. The maximum Gasteiger partial charge on any atom is 0.187 e. The molecule has 75 heavy (non-hydrogen) atoms. The molecule has 0 aromatic rings. The second kappa shape index (κ2) is 22.7. The van der Waals surface area contributed by atoms with Crippen molar-refractivity contribution < 1.29 is 109 Å². The monoisotopic (exact) mass is 1080 g/mol. The van der Waals surface area contributed by atoms with E-state index < -0.39 is 165 Å². The third kappa shape index (κ3) is 10.6. The van der Waals surface area contributed by atoms with Gasteiger partial charge in [-0.05, 0) is 124 Å². The summed E-state index contributed by atoms with van der Waals surface area (Å²) in [5.74, 6) is -0.395. The number of ether oxygens (including phenoxy) is 8. The molecule has 4 saturated heterocycles. The molecule has 22 heteroatoms. The van der Waals surface area contributed by atoms with Crippen LogP contribution in [0.5, 0.6) is 0 Å². The summed E-state index contributed by atoms with van der Waals surface area (Å²) in [7, 11) is 0. The average Bonchev–Trinajstić information content (AvgIpc) is 3.75. The summed E-state index contributed by atoms with van der Waals surface area (Å²) < 4.78 is 48.8. The summed E-state index contributed by atoms with van der Waals surface area (Å²) >= 11 is 0. The Morgan fingerprint density at radius 1 is 0.587 bits per heavy atom. The number of fused-ring (bicyclic) bond motifs is 5. The lowest BCUT2D eigenvalue weighted by Gasteiger charge is -2.71. The molecular formula is C53H90O22. The van der Waals surface area contributed by atoms with Crippen molar-refractivity contribution in [2.24, 2.45) is 45.3 Å². The van der Waals surface area contributed by atoms with Crippen LogP contribution in [0.1, 0.15) is 113 Å². The summed E-state index contributed by atoms with van der Waals surface area (Å²) in [5, 5.41) is 151. The first-order valence-electron chi connectivity index (χ1n) is 27.3. The van der Waals surface area contributed by atoms with Gasteiger partial charge in [0, 0.05) is 0 Å². The minimum absolute atomic E-state index is 0.0508. The van der Waals surface area contributed by atoms with Gasteiger partial charge >= 0.3 is 0 Å². The lowest BCUT2D eigenvalue weighted by molar-refractivity contribution is -0.378. The Labute approximate surface area is 439 Å². The lowest BCUT2D eigenvalue weighted by Crippen LogP contribution is -2.68. The van der Waals surface area contributed by atoms with E-state index in [4.69, 9.17) is 37.9 Å². The molecule has 434 valence electrons. The first-order chi connectivity index (χ1) is 35.1. The van der Waals surface area contributed by atoms with Gasteiger partial charge in [-0.25, -0.2) is 0 Å². The second-order valence-corrected chi connectivity index (χ2v) is 25.3. The number of aliphatic hydroxyl groups excluding tert-OH is 14. The van der Waals surface area contributed by atoms with Gasteiger partial charge in [-0.3, -0.25) is 0 Å². The first-order valence-corrected chi connectivity index (χ1v) is 27.3. The smallest absolute Gasteiger partial charge is 0.187 e. The zero-order valence-corrected chi connectivity index (χ0v) is 44.7. The van der Waals surface area contributed by atoms with Gasteiger partial charge < -0.3 is 109 Å². The molecule has 0 spiro atoms. The number of aliphatic hydroxyl groups is 14. The number of hydrogen-bond donors (Lipinski definition) is 14. The van der Waals surface area contributed by atoms with E-state index in [1.165, 1.54) is 0 Å². The molecule has 8 fully saturated rings. The van der Waals surface area contributed by atoms with Crippen molar-refractivity contribution in [3.63, 3.8) is 0 Å². The van der Waals surface area contributed by atoms with Crippen LogP contribution in [0.25, 0.3) is 0 Å². The zero-order valence-electron chi connectivity index (χ0n) is 44.7. The highest BCUT2D eigenvalue weighted by atomic mass is 16.8. The fourth-order valence-electron chi connectivity index (χ4n) is 16.0. The molecule has 14 N–H and O–H groups in total. The fourth-order valence-corrected chi connectivity index (χ4v) is 16.0. The Bertz CT molecular complexity index is 1940. The van der Waals surface area contributed by atoms with Crippen LogP contribution in [0.15, 0.2) is 11.6 Å². The summed E-state index contributed by atoms with van der Waals surface area (Å²) in [6.45, 7) is 15.1. The summed E-state index contributed by atoms with van der Waals surface area (Å²) in [6.07, 6.45) is -22.6. The zero-order chi connectivity index (χ0) is 55.1. The van der Waals surface area contributed by atoms with Crippen LogP contribution in [0.2, 0.25) is 0 Å². The second-order valence-electron chi connectivity index (χ2n) is 25.3. The third-order valence-electron chi connectivity index (χ3n) is 20.5. The Balaban J connectivity index is 1.01. The third-order valence-corrected chi connectivity index (χ3v) is 20.5. The molecule has 8 rings (SSSR count). The molecule has 4 aliphatic carbocycles. The fraction of sp³-hybridized carbons (Fsp3) is 0.962. The highest BCUT2D eigenvalue weighted by Crippen LogP contribution is 2.76. The van der Waals surface area contributed by atoms with Crippen LogP contribution < -0.4 is 0 Å². The van der Waals surface area contributed by atoms with E-state index in [0.29, 0.717) is 38.5 Å². The quantitative estimate of drug-likeness (QED) is 0.0651. The molecule has 8 aliphatic rings. The normalized spacial score (nSPS) is 52.7. The largest absolute Gasteiger partial charge is 0.394 e. The molecule has 4 aliphatic heterocycles. The Morgan fingerprint density at radius 3 is 1.80 bits per heavy atom. The average molecular weight is 1080 g/mol. The van der Waals surface area contributed by atoms with Gasteiger partial charge in [-0.15, -0.1) is 0 Å². The van der Waals surface area contributed by atoms with E-state index in [0.717, 1.165) is 24.8 Å². The van der Waals surface area contributed by atoms with Crippen LogP contribution in [0.4, 0.5) is 0 Å². The topological polar surface area (TPSA) is 357 Å². The molecule has 0 bridgehead atoms. The van der Waals surface area contributed by atoms with Crippen LogP contribution in [-0.4, -0.2) is 232 Å². The highest BCUT2D eigenvalue weighted by molar-refractivity contribution is 5.20. The van der Waals surface area contributed by atoms with Crippen molar-refractivity contribution in [1.82, 2.24) is 0 Å². The molecule has 0 amide bonds. The standard InChI is InChI=1S/C53H90O22/c1-23(2)10-9-14-53(8,75-47-43(67)39(63)37(61)29(72-47)22-69-45-41(65)34(58)26(57)21-68-45)24-11-16-52(7)33(24)25(56)18-31-50(5)15-13-32(49(3,4)30(50)12-17-51(31,52)6)73-48-44(40(64)36(60)28(20-55)71-48)74-46-42(66)38(62)35(59)27(19-54)70-46/h10,24-48,54-67H,9,11-22H2,1-8H3/t24-,25+,26-,27+,28+,29+,30-,31+,32-,33+,34-,35+,36+,37+,38-,39-,40-,41+,42+,43+,44+,45-,46-,47-,48-,50-,51+,52+,53-/m0/s1.